The van der Waals surface area contributed by atoms with Crippen LogP contribution in [-0.2, 0) is 5.41 Å². The minimum Gasteiger partial charge on any atom is -0.378 e. The van der Waals surface area contributed by atoms with Crippen LogP contribution >= 0.6 is 0 Å². The van der Waals surface area contributed by atoms with E-state index in [4.69, 9.17) is 0 Å². The van der Waals surface area contributed by atoms with Crippen LogP contribution < -0.4 is 5.32 Å². The van der Waals surface area contributed by atoms with Crippen LogP contribution in [0.3, 0.4) is 0 Å². The summed E-state index contributed by atoms with van der Waals surface area (Å²) >= 11 is 0. The Kier molecular flexibility index (Phi) is 3.42. The molecule has 0 saturated heterocycles. The summed E-state index contributed by atoms with van der Waals surface area (Å²) in [6.07, 6.45) is -5.76. The molecule has 8 heteroatoms. The van der Waals surface area contributed by atoms with Crippen LogP contribution in [0.4, 0.5) is 18.9 Å². The van der Waals surface area contributed by atoms with E-state index < -0.39 is 29.6 Å². The van der Waals surface area contributed by atoms with Crippen LogP contribution in [0.15, 0.2) is 30.7 Å². The lowest BCUT2D eigenvalue weighted by Crippen LogP contribution is -2.32. The third kappa shape index (κ3) is 2.57. The molecule has 5 nitrogen and oxygen atoms in total. The van der Waals surface area contributed by atoms with Gasteiger partial charge < -0.3 is 20.1 Å². The van der Waals surface area contributed by atoms with Crippen molar-refractivity contribution in [2.24, 2.45) is 0 Å². The molecule has 0 spiro atoms. The van der Waals surface area contributed by atoms with Gasteiger partial charge in [0.2, 0.25) is 0 Å². The number of anilines is 1. The molecular weight excluding hydrogens is 311 g/mol. The predicted octanol–water partition coefficient (Wildman–Crippen LogP) is 2.49. The molecule has 2 heterocycles. The van der Waals surface area contributed by atoms with Crippen molar-refractivity contribution in [1.82, 2.24) is 9.55 Å². The van der Waals surface area contributed by atoms with E-state index >= 15 is 0 Å². The van der Waals surface area contributed by atoms with Gasteiger partial charge >= 0.3 is 6.18 Å². The minimum absolute atomic E-state index is 0.458. The van der Waals surface area contributed by atoms with Gasteiger partial charge in [0.25, 0.3) is 0 Å². The first kappa shape index (κ1) is 15.8. The van der Waals surface area contributed by atoms with Gasteiger partial charge in [-0.1, -0.05) is 19.9 Å². The fourth-order valence-electron chi connectivity index (χ4n) is 2.64. The molecule has 2 atom stereocenters. The van der Waals surface area contributed by atoms with Gasteiger partial charge in [0.1, 0.15) is 6.23 Å². The molecule has 0 saturated carbocycles. The molecule has 0 radical (unpaired) electrons. The average Bonchev–Trinajstić information content (AvgIpc) is 3.01. The summed E-state index contributed by atoms with van der Waals surface area (Å²) in [6, 6.07) is 5.26. The molecule has 0 bridgehead atoms. The molecule has 2 aromatic rings. The van der Waals surface area contributed by atoms with Crippen LogP contribution in [0.1, 0.15) is 31.2 Å². The summed E-state index contributed by atoms with van der Waals surface area (Å²) in [4.78, 5) is 3.62. The highest BCUT2D eigenvalue weighted by Gasteiger charge is 2.41. The molecule has 23 heavy (non-hydrogen) atoms. The number of hydrogen-bond donors (Lipinski definition) is 3. The van der Waals surface area contributed by atoms with Gasteiger partial charge in [-0.2, -0.15) is 13.2 Å². The first-order chi connectivity index (χ1) is 10.6. The fourth-order valence-corrected chi connectivity index (χ4v) is 2.64. The summed E-state index contributed by atoms with van der Waals surface area (Å²) < 4.78 is 38.9. The van der Waals surface area contributed by atoms with Crippen molar-refractivity contribution in [1.29, 1.82) is 0 Å². The second kappa shape index (κ2) is 4.97. The Morgan fingerprint density at radius 2 is 2.04 bits per heavy atom. The highest BCUT2D eigenvalue weighted by molar-refractivity contribution is 5.64. The Morgan fingerprint density at radius 3 is 2.70 bits per heavy atom. The zero-order chi connectivity index (χ0) is 17.0. The molecule has 1 aliphatic rings. The van der Waals surface area contributed by atoms with Gasteiger partial charge in [-0.15, -0.1) is 0 Å². The van der Waals surface area contributed by atoms with Crippen molar-refractivity contribution in [3.05, 3.63) is 42.0 Å². The van der Waals surface area contributed by atoms with E-state index in [9.17, 15) is 23.4 Å². The standard InChI is InChI=1S/C15H16F3N3O2/c1-14(2)9-4-3-8(5-10(9)20-13(14)23)21-6-11(19-7-21)12(22)15(16,17)18/h3-7,12-13,20,22-23H,1-2H3. The van der Waals surface area contributed by atoms with Gasteiger partial charge in [0.05, 0.1) is 12.0 Å². The normalized spacial score (nSPS) is 20.9. The number of aliphatic hydroxyl groups excluding tert-OH is 2. The number of fused-ring (bicyclic) bond motifs is 1. The van der Waals surface area contributed by atoms with E-state index in [1.807, 2.05) is 19.9 Å². The highest BCUT2D eigenvalue weighted by Crippen LogP contribution is 2.40. The minimum atomic E-state index is -4.76. The lowest BCUT2D eigenvalue weighted by atomic mass is 9.85. The fraction of sp³-hybridized carbons (Fsp3) is 0.400. The number of benzene rings is 1. The van der Waals surface area contributed by atoms with Gasteiger partial charge in [-0.25, -0.2) is 4.98 Å². The molecule has 0 amide bonds. The number of aromatic nitrogens is 2. The SMILES string of the molecule is CC1(C)c2ccc(-n3cnc(C(O)C(F)(F)F)c3)cc2NC1O. The van der Waals surface area contributed by atoms with E-state index in [0.29, 0.717) is 11.4 Å². The maximum atomic E-state index is 12.5. The molecule has 1 aromatic heterocycles. The first-order valence-electron chi connectivity index (χ1n) is 6.99. The highest BCUT2D eigenvalue weighted by atomic mass is 19.4. The third-order valence-electron chi connectivity index (χ3n) is 4.16. The Labute approximate surface area is 130 Å². The monoisotopic (exact) mass is 327 g/mol. The zero-order valence-electron chi connectivity index (χ0n) is 12.5. The van der Waals surface area contributed by atoms with Crippen LogP contribution in [0.5, 0.6) is 0 Å². The zero-order valence-corrected chi connectivity index (χ0v) is 12.5. The molecule has 1 aliphatic heterocycles. The van der Waals surface area contributed by atoms with Crippen molar-refractivity contribution in [3.8, 4) is 5.69 Å². The summed E-state index contributed by atoms with van der Waals surface area (Å²) in [6.45, 7) is 3.79. The first-order valence-corrected chi connectivity index (χ1v) is 6.99. The molecule has 124 valence electrons. The lowest BCUT2D eigenvalue weighted by molar-refractivity contribution is -0.207. The second-order valence-corrected chi connectivity index (χ2v) is 6.15. The smallest absolute Gasteiger partial charge is 0.378 e. The van der Waals surface area contributed by atoms with Gasteiger partial charge in [0.15, 0.2) is 6.10 Å². The number of hydrogen-bond acceptors (Lipinski definition) is 4. The van der Waals surface area contributed by atoms with Crippen molar-refractivity contribution in [2.45, 2.75) is 37.8 Å². The summed E-state index contributed by atoms with van der Waals surface area (Å²) in [7, 11) is 0. The van der Waals surface area contributed by atoms with Crippen molar-refractivity contribution < 1.29 is 23.4 Å². The predicted molar refractivity (Wildman–Crippen MR) is 77.2 cm³/mol. The van der Waals surface area contributed by atoms with Crippen LogP contribution in [0, 0.1) is 0 Å². The summed E-state index contributed by atoms with van der Waals surface area (Å²) in [5.41, 5.74) is 1.29. The molecule has 0 aliphatic carbocycles. The second-order valence-electron chi connectivity index (χ2n) is 6.15. The number of halogens is 3. The van der Waals surface area contributed by atoms with E-state index in [1.54, 1.807) is 12.1 Å². The van der Waals surface area contributed by atoms with Gasteiger partial charge in [-0.05, 0) is 17.7 Å². The molecule has 2 unspecified atom stereocenters. The largest absolute Gasteiger partial charge is 0.420 e. The quantitative estimate of drug-likeness (QED) is 0.793. The molecular formula is C15H16F3N3O2. The molecule has 3 rings (SSSR count). The third-order valence-corrected chi connectivity index (χ3v) is 4.16. The van der Waals surface area contributed by atoms with E-state index in [1.165, 1.54) is 10.9 Å². The summed E-state index contributed by atoms with van der Waals surface area (Å²) in [5, 5.41) is 22.2. The van der Waals surface area contributed by atoms with Crippen LogP contribution in [-0.4, -0.2) is 32.2 Å². The number of nitrogens with zero attached hydrogens (tertiary/aromatic N) is 2. The van der Waals surface area contributed by atoms with Gasteiger partial charge in [0, 0.05) is 23.0 Å². The van der Waals surface area contributed by atoms with E-state index in [-0.39, 0.29) is 0 Å². The van der Waals surface area contributed by atoms with Crippen molar-refractivity contribution in [2.75, 3.05) is 5.32 Å². The maximum Gasteiger partial charge on any atom is 0.420 e. The number of imidazole rings is 1. The number of alkyl halides is 3. The average molecular weight is 327 g/mol. The molecule has 0 fully saturated rings. The molecule has 1 aromatic carbocycles. The number of nitrogens with one attached hydrogen (secondary N) is 1. The van der Waals surface area contributed by atoms with Crippen LogP contribution in [0.2, 0.25) is 0 Å². The van der Waals surface area contributed by atoms with E-state index in [0.717, 1.165) is 11.8 Å². The Morgan fingerprint density at radius 1 is 1.35 bits per heavy atom. The van der Waals surface area contributed by atoms with Crippen molar-refractivity contribution >= 4 is 5.69 Å². The van der Waals surface area contributed by atoms with E-state index in [2.05, 4.69) is 10.3 Å². The summed E-state index contributed by atoms with van der Waals surface area (Å²) in [5.74, 6) is 0. The molecule has 3 N–H and O–H groups in total. The topological polar surface area (TPSA) is 70.3 Å². The maximum absolute atomic E-state index is 12.5. The lowest BCUT2D eigenvalue weighted by Gasteiger charge is -2.22. The van der Waals surface area contributed by atoms with Crippen LogP contribution in [0.25, 0.3) is 5.69 Å². The number of rotatable bonds is 2. The Balaban J connectivity index is 1.93. The Bertz CT molecular complexity index is 740. The van der Waals surface area contributed by atoms with Gasteiger partial charge in [-0.3, -0.25) is 0 Å². The number of aliphatic hydroxyl groups is 2. The van der Waals surface area contributed by atoms with Crippen molar-refractivity contribution in [3.63, 3.8) is 0 Å². The Hall–Kier alpha value is -2.06.